The van der Waals surface area contributed by atoms with E-state index in [1.165, 1.54) is 23.5 Å². The number of thioether (sulfide) groups is 2. The molecule has 1 fully saturated rings. The third kappa shape index (κ3) is 6.36. The summed E-state index contributed by atoms with van der Waals surface area (Å²) in [6, 6.07) is -0.872. The van der Waals surface area contributed by atoms with Crippen LogP contribution < -0.4 is 5.32 Å². The summed E-state index contributed by atoms with van der Waals surface area (Å²) in [5.74, 6) is -0.347. The van der Waals surface area contributed by atoms with Crippen molar-refractivity contribution < 1.29 is 23.1 Å². The molecule has 2 unspecified atom stereocenters. The molecule has 1 aliphatic heterocycles. The van der Waals surface area contributed by atoms with Crippen LogP contribution in [0.4, 0.5) is 0 Å². The fourth-order valence-corrected chi connectivity index (χ4v) is 5.74. The van der Waals surface area contributed by atoms with Crippen LogP contribution >= 0.6 is 23.5 Å². The number of carbonyl (C=O) groups excluding carboxylic acids is 1. The number of nitrogens with one attached hydrogen (secondary N) is 1. The minimum atomic E-state index is -2.94. The van der Waals surface area contributed by atoms with Gasteiger partial charge in [0.1, 0.15) is 6.04 Å². The summed E-state index contributed by atoms with van der Waals surface area (Å²) in [5, 5.41) is 11.4. The van der Waals surface area contributed by atoms with E-state index in [1.807, 2.05) is 6.26 Å². The van der Waals surface area contributed by atoms with Gasteiger partial charge in [-0.25, -0.2) is 13.2 Å². The third-order valence-electron chi connectivity index (χ3n) is 2.88. The Morgan fingerprint density at radius 3 is 2.65 bits per heavy atom. The van der Waals surface area contributed by atoms with Gasteiger partial charge in [-0.2, -0.15) is 11.8 Å². The lowest BCUT2D eigenvalue weighted by molar-refractivity contribution is -0.141. The van der Waals surface area contributed by atoms with Gasteiger partial charge in [-0.05, 0) is 24.9 Å². The lowest BCUT2D eigenvalue weighted by atomic mass is 10.2. The van der Waals surface area contributed by atoms with Gasteiger partial charge >= 0.3 is 5.97 Å². The minimum absolute atomic E-state index is 0.0553. The van der Waals surface area contributed by atoms with Crippen LogP contribution in [0.1, 0.15) is 12.8 Å². The quantitative estimate of drug-likeness (QED) is 0.652. The lowest BCUT2D eigenvalue weighted by Crippen LogP contribution is -2.42. The van der Waals surface area contributed by atoms with Crippen molar-refractivity contribution in [1.82, 2.24) is 5.32 Å². The maximum Gasteiger partial charge on any atom is 0.326 e. The molecule has 0 spiro atoms. The number of carboxylic acid groups (broad SMARTS) is 1. The summed E-state index contributed by atoms with van der Waals surface area (Å²) in [5.41, 5.74) is 0. The largest absolute Gasteiger partial charge is 0.480 e. The van der Waals surface area contributed by atoms with Crippen molar-refractivity contribution in [2.75, 3.05) is 29.3 Å². The predicted molar refractivity (Wildman–Crippen MR) is 82.1 cm³/mol. The third-order valence-corrected chi connectivity index (χ3v) is 6.81. The van der Waals surface area contributed by atoms with Gasteiger partial charge in [0.15, 0.2) is 9.84 Å². The summed E-state index contributed by atoms with van der Waals surface area (Å²) in [6.45, 7) is 0. The summed E-state index contributed by atoms with van der Waals surface area (Å²) in [7, 11) is -2.94. The highest BCUT2D eigenvalue weighted by Gasteiger charge is 2.29. The van der Waals surface area contributed by atoms with E-state index >= 15 is 0 Å². The molecule has 1 aliphatic rings. The molecule has 0 aromatic rings. The monoisotopic (exact) mass is 341 g/mol. The van der Waals surface area contributed by atoms with Gasteiger partial charge in [-0.1, -0.05) is 0 Å². The van der Waals surface area contributed by atoms with Crippen molar-refractivity contribution in [2.45, 2.75) is 24.1 Å². The van der Waals surface area contributed by atoms with E-state index in [4.69, 9.17) is 5.11 Å². The molecule has 2 N–H and O–H groups in total. The van der Waals surface area contributed by atoms with Gasteiger partial charge in [-0.15, -0.1) is 11.8 Å². The van der Waals surface area contributed by atoms with Crippen molar-refractivity contribution in [3.63, 3.8) is 0 Å². The molecule has 0 radical (unpaired) electrons. The number of sulfone groups is 1. The molecule has 1 amide bonds. The molecule has 9 heteroatoms. The first-order chi connectivity index (χ1) is 9.34. The first-order valence-corrected chi connectivity index (χ1v) is 10.4. The highest BCUT2D eigenvalue weighted by atomic mass is 32.2. The Morgan fingerprint density at radius 2 is 2.15 bits per heavy atom. The summed E-state index contributed by atoms with van der Waals surface area (Å²) in [4.78, 5) is 22.7. The zero-order chi connectivity index (χ0) is 15.2. The van der Waals surface area contributed by atoms with Gasteiger partial charge in [0, 0.05) is 5.25 Å². The first-order valence-electron chi connectivity index (χ1n) is 6.17. The molecule has 0 aliphatic carbocycles. The summed E-state index contributed by atoms with van der Waals surface area (Å²) >= 11 is 2.80. The van der Waals surface area contributed by atoms with E-state index in [-0.39, 0.29) is 28.4 Å². The molecule has 1 rings (SSSR count). The predicted octanol–water partition coefficient (Wildman–Crippen LogP) is 0.229. The number of aliphatic carboxylic acids is 1. The van der Waals surface area contributed by atoms with Crippen LogP contribution in [0.25, 0.3) is 0 Å². The van der Waals surface area contributed by atoms with Crippen LogP contribution in [0.5, 0.6) is 0 Å². The molecule has 6 nitrogen and oxygen atoms in total. The standard InChI is InChI=1S/C11H19NO5S3/c1-18-4-2-9(11(14)15)12-10(13)6-19-8-3-5-20(16,17)7-8/h8-9H,2-7H2,1H3,(H,12,13)(H,14,15). The van der Waals surface area contributed by atoms with Crippen molar-refractivity contribution in [1.29, 1.82) is 0 Å². The van der Waals surface area contributed by atoms with Gasteiger partial charge in [0.25, 0.3) is 0 Å². The molecule has 1 saturated heterocycles. The maximum atomic E-state index is 11.7. The Bertz CT molecular complexity index is 451. The Kier molecular flexibility index (Phi) is 7.18. The molecule has 20 heavy (non-hydrogen) atoms. The first kappa shape index (κ1) is 17.6. The van der Waals surface area contributed by atoms with Crippen LogP contribution in [-0.2, 0) is 19.4 Å². The smallest absolute Gasteiger partial charge is 0.326 e. The van der Waals surface area contributed by atoms with E-state index in [0.29, 0.717) is 18.6 Å². The van der Waals surface area contributed by atoms with Crippen LogP contribution in [0.3, 0.4) is 0 Å². The molecule has 116 valence electrons. The van der Waals surface area contributed by atoms with Gasteiger partial charge in [0.2, 0.25) is 5.91 Å². The zero-order valence-corrected chi connectivity index (χ0v) is 13.7. The van der Waals surface area contributed by atoms with Crippen LogP contribution in [0.2, 0.25) is 0 Å². The van der Waals surface area contributed by atoms with E-state index < -0.39 is 21.8 Å². The Labute approximate surface area is 127 Å². The fraction of sp³-hybridized carbons (Fsp3) is 0.818. The van der Waals surface area contributed by atoms with E-state index in [1.54, 1.807) is 0 Å². The molecule has 2 atom stereocenters. The highest BCUT2D eigenvalue weighted by Crippen LogP contribution is 2.24. The second-order valence-electron chi connectivity index (χ2n) is 4.58. The van der Waals surface area contributed by atoms with Crippen molar-refractivity contribution in [2.24, 2.45) is 0 Å². The van der Waals surface area contributed by atoms with Gasteiger partial charge in [-0.3, -0.25) is 4.79 Å². The van der Waals surface area contributed by atoms with Gasteiger partial charge in [0.05, 0.1) is 17.3 Å². The topological polar surface area (TPSA) is 101 Å². The van der Waals surface area contributed by atoms with Crippen LogP contribution in [0.15, 0.2) is 0 Å². The normalized spacial score (nSPS) is 22.4. The van der Waals surface area contributed by atoms with E-state index in [9.17, 15) is 18.0 Å². The Morgan fingerprint density at radius 1 is 1.45 bits per heavy atom. The van der Waals surface area contributed by atoms with E-state index in [0.717, 1.165) is 0 Å². The molecular formula is C11H19NO5S3. The number of carboxylic acids is 1. The molecule has 0 aromatic carbocycles. The Hall–Kier alpha value is -0.410. The van der Waals surface area contributed by atoms with Crippen LogP contribution in [-0.4, -0.2) is 66.0 Å². The average Bonchev–Trinajstić information content (AvgIpc) is 2.71. The lowest BCUT2D eigenvalue weighted by Gasteiger charge is -2.14. The summed E-state index contributed by atoms with van der Waals surface area (Å²) < 4.78 is 22.6. The molecule has 0 saturated carbocycles. The SMILES string of the molecule is CSCCC(NC(=O)CSC1CCS(=O)(=O)C1)C(=O)O. The molecule has 1 heterocycles. The molecule has 0 aromatic heterocycles. The minimum Gasteiger partial charge on any atom is -0.480 e. The highest BCUT2D eigenvalue weighted by molar-refractivity contribution is 8.02. The second kappa shape index (κ2) is 8.14. The molecule has 0 bridgehead atoms. The van der Waals surface area contributed by atoms with Crippen molar-refractivity contribution >= 4 is 45.2 Å². The number of amides is 1. The second-order valence-corrected chi connectivity index (χ2v) is 9.08. The van der Waals surface area contributed by atoms with Crippen molar-refractivity contribution in [3.05, 3.63) is 0 Å². The number of rotatable bonds is 8. The molecular weight excluding hydrogens is 322 g/mol. The van der Waals surface area contributed by atoms with Crippen molar-refractivity contribution in [3.8, 4) is 0 Å². The van der Waals surface area contributed by atoms with Crippen LogP contribution in [0, 0.1) is 0 Å². The zero-order valence-electron chi connectivity index (χ0n) is 11.2. The number of hydrogen-bond acceptors (Lipinski definition) is 6. The maximum absolute atomic E-state index is 11.7. The number of carbonyl (C=O) groups is 2. The summed E-state index contributed by atoms with van der Waals surface area (Å²) in [6.07, 6.45) is 2.82. The van der Waals surface area contributed by atoms with Gasteiger partial charge < -0.3 is 10.4 Å². The fourth-order valence-electron chi connectivity index (χ4n) is 1.81. The average molecular weight is 341 g/mol. The number of hydrogen-bond donors (Lipinski definition) is 2. The van der Waals surface area contributed by atoms with E-state index in [2.05, 4.69) is 5.32 Å². The Balaban J connectivity index is 2.33.